The molecule has 0 aliphatic rings. The summed E-state index contributed by atoms with van der Waals surface area (Å²) in [6.07, 6.45) is 2.34. The molecule has 0 fully saturated rings. The summed E-state index contributed by atoms with van der Waals surface area (Å²) in [5.74, 6) is 1.25. The predicted octanol–water partition coefficient (Wildman–Crippen LogP) is 4.12. The van der Waals surface area contributed by atoms with E-state index in [-0.39, 0.29) is 9.90 Å². The normalized spacial score (nSPS) is 11.4. The van der Waals surface area contributed by atoms with Crippen molar-refractivity contribution in [3.63, 3.8) is 0 Å². The molecule has 3 aromatic rings. The van der Waals surface area contributed by atoms with E-state index in [1.807, 2.05) is 12.1 Å². The quantitative estimate of drug-likeness (QED) is 0.428. The summed E-state index contributed by atoms with van der Waals surface area (Å²) in [5.41, 5.74) is -0.157. The zero-order valence-electron chi connectivity index (χ0n) is 16.0. The highest BCUT2D eigenvalue weighted by Crippen LogP contribution is 2.28. The molecule has 2 heterocycles. The van der Waals surface area contributed by atoms with Crippen molar-refractivity contribution in [2.45, 2.75) is 16.4 Å². The van der Waals surface area contributed by atoms with Gasteiger partial charge >= 0.3 is 0 Å². The maximum Gasteiger partial charge on any atom is 0.274 e. The standard InChI is InChI=1S/C20H21FN2O4S3/c21-17-7-1-2-8-18(17)23(30(25,26)20-9-4-13-29-20)14-19(24)22-10-5-12-28-15-16-6-3-11-27-16/h1-4,6-9,11,13H,5,10,12,14-15H2,(H,22,24). The minimum absolute atomic E-state index is 0.0490. The number of carbonyl (C=O) groups is 1. The first-order valence-corrected chi connectivity index (χ1v) is 12.6. The Morgan fingerprint density at radius 3 is 2.70 bits per heavy atom. The lowest BCUT2D eigenvalue weighted by atomic mass is 10.3. The molecule has 2 aromatic heterocycles. The van der Waals surface area contributed by atoms with Crippen molar-refractivity contribution in [1.29, 1.82) is 0 Å². The van der Waals surface area contributed by atoms with E-state index in [0.29, 0.717) is 13.0 Å². The Bertz CT molecular complexity index is 1040. The zero-order valence-corrected chi connectivity index (χ0v) is 18.4. The van der Waals surface area contributed by atoms with Gasteiger partial charge in [0, 0.05) is 6.54 Å². The van der Waals surface area contributed by atoms with Crippen molar-refractivity contribution in [2.75, 3.05) is 23.1 Å². The molecule has 1 amide bonds. The molecule has 0 aliphatic heterocycles. The number of hydrogen-bond donors (Lipinski definition) is 1. The first-order valence-electron chi connectivity index (χ1n) is 9.16. The van der Waals surface area contributed by atoms with Crippen LogP contribution in [0.2, 0.25) is 0 Å². The van der Waals surface area contributed by atoms with Crippen molar-refractivity contribution in [3.8, 4) is 0 Å². The summed E-state index contributed by atoms with van der Waals surface area (Å²) < 4.78 is 46.4. The van der Waals surface area contributed by atoms with E-state index in [1.54, 1.807) is 29.5 Å². The molecule has 0 atom stereocenters. The highest BCUT2D eigenvalue weighted by atomic mass is 32.2. The summed E-state index contributed by atoms with van der Waals surface area (Å²) in [6.45, 7) is -0.102. The first kappa shape index (κ1) is 22.4. The predicted molar refractivity (Wildman–Crippen MR) is 118 cm³/mol. The average molecular weight is 469 g/mol. The van der Waals surface area contributed by atoms with E-state index in [0.717, 1.165) is 32.9 Å². The highest BCUT2D eigenvalue weighted by Gasteiger charge is 2.29. The summed E-state index contributed by atoms with van der Waals surface area (Å²) >= 11 is 2.70. The number of nitrogens with zero attached hydrogens (tertiary/aromatic N) is 1. The van der Waals surface area contributed by atoms with Gasteiger partial charge < -0.3 is 9.73 Å². The van der Waals surface area contributed by atoms with Gasteiger partial charge in [-0.25, -0.2) is 12.8 Å². The molecule has 0 saturated carbocycles. The van der Waals surface area contributed by atoms with Gasteiger partial charge in [0.2, 0.25) is 5.91 Å². The van der Waals surface area contributed by atoms with Crippen LogP contribution in [0.4, 0.5) is 10.1 Å². The molecular formula is C20H21FN2O4S3. The number of hydrogen-bond acceptors (Lipinski definition) is 6. The number of rotatable bonds is 11. The number of thioether (sulfide) groups is 1. The number of amides is 1. The largest absolute Gasteiger partial charge is 0.468 e. The Hall–Kier alpha value is -2.30. The van der Waals surface area contributed by atoms with E-state index in [9.17, 15) is 17.6 Å². The van der Waals surface area contributed by atoms with Crippen LogP contribution in [0.5, 0.6) is 0 Å². The van der Waals surface area contributed by atoms with E-state index in [1.165, 1.54) is 30.3 Å². The topological polar surface area (TPSA) is 79.6 Å². The van der Waals surface area contributed by atoms with Crippen LogP contribution in [0, 0.1) is 5.82 Å². The summed E-state index contributed by atoms with van der Waals surface area (Å²) in [4.78, 5) is 12.4. The number of nitrogens with one attached hydrogen (secondary N) is 1. The van der Waals surface area contributed by atoms with Crippen LogP contribution in [-0.4, -0.2) is 33.2 Å². The molecule has 0 saturated heterocycles. The number of benzene rings is 1. The lowest BCUT2D eigenvalue weighted by molar-refractivity contribution is -0.119. The van der Waals surface area contributed by atoms with Gasteiger partial charge in [-0.15, -0.1) is 11.3 Å². The molecule has 1 N–H and O–H groups in total. The van der Waals surface area contributed by atoms with Crippen LogP contribution in [0.15, 0.2) is 68.8 Å². The fourth-order valence-electron chi connectivity index (χ4n) is 2.63. The molecule has 0 aliphatic carbocycles. The smallest absolute Gasteiger partial charge is 0.274 e. The highest BCUT2D eigenvalue weighted by molar-refractivity contribution is 7.98. The van der Waals surface area contributed by atoms with Crippen LogP contribution >= 0.6 is 23.1 Å². The number of carbonyl (C=O) groups excluding carboxylic acids is 1. The molecule has 0 unspecified atom stereocenters. The monoisotopic (exact) mass is 468 g/mol. The van der Waals surface area contributed by atoms with E-state index in [2.05, 4.69) is 5.32 Å². The molecule has 6 nitrogen and oxygen atoms in total. The van der Waals surface area contributed by atoms with Gasteiger partial charge in [-0.2, -0.15) is 11.8 Å². The Morgan fingerprint density at radius 2 is 2.00 bits per heavy atom. The molecular weight excluding hydrogens is 447 g/mol. The summed E-state index contributed by atoms with van der Waals surface area (Å²) in [6, 6.07) is 12.3. The second-order valence-electron chi connectivity index (χ2n) is 6.23. The fourth-order valence-corrected chi connectivity index (χ4v) is 6.02. The molecule has 0 bridgehead atoms. The lowest BCUT2D eigenvalue weighted by Crippen LogP contribution is -2.41. The Kier molecular flexibility index (Phi) is 7.94. The Labute approximate surface area is 183 Å². The van der Waals surface area contributed by atoms with Crippen molar-refractivity contribution in [2.24, 2.45) is 0 Å². The minimum Gasteiger partial charge on any atom is -0.468 e. The second kappa shape index (κ2) is 10.6. The molecule has 160 valence electrons. The third-order valence-corrected chi connectivity index (χ3v) is 8.26. The lowest BCUT2D eigenvalue weighted by Gasteiger charge is -2.23. The van der Waals surface area contributed by atoms with Crippen LogP contribution < -0.4 is 9.62 Å². The van der Waals surface area contributed by atoms with Crippen LogP contribution in [0.25, 0.3) is 0 Å². The third-order valence-electron chi connectivity index (χ3n) is 4.06. The third kappa shape index (κ3) is 5.87. The van der Waals surface area contributed by atoms with Gasteiger partial charge in [-0.1, -0.05) is 18.2 Å². The molecule has 10 heteroatoms. The van der Waals surface area contributed by atoms with Crippen LogP contribution in [0.3, 0.4) is 0 Å². The van der Waals surface area contributed by atoms with Gasteiger partial charge in [0.15, 0.2) is 0 Å². The first-order chi connectivity index (χ1) is 14.5. The number of thiophene rings is 1. The fraction of sp³-hybridized carbons (Fsp3) is 0.250. The average Bonchev–Trinajstić information content (AvgIpc) is 3.44. The Balaban J connectivity index is 1.58. The van der Waals surface area contributed by atoms with Crippen LogP contribution in [-0.2, 0) is 20.6 Å². The van der Waals surface area contributed by atoms with Gasteiger partial charge in [-0.3, -0.25) is 9.10 Å². The van der Waals surface area contributed by atoms with Crippen molar-refractivity contribution in [3.05, 3.63) is 71.8 Å². The second-order valence-corrected chi connectivity index (χ2v) is 10.4. The maximum absolute atomic E-state index is 14.3. The number of anilines is 1. The van der Waals surface area contributed by atoms with E-state index < -0.39 is 28.3 Å². The van der Waals surface area contributed by atoms with Crippen molar-refractivity contribution >= 4 is 44.7 Å². The zero-order chi connectivity index (χ0) is 21.4. The van der Waals surface area contributed by atoms with Crippen molar-refractivity contribution < 1.29 is 22.0 Å². The Morgan fingerprint density at radius 1 is 1.17 bits per heavy atom. The minimum atomic E-state index is -4.06. The van der Waals surface area contributed by atoms with E-state index >= 15 is 0 Å². The van der Waals surface area contributed by atoms with Gasteiger partial charge in [0.05, 0.1) is 17.7 Å². The van der Waals surface area contributed by atoms with Gasteiger partial charge in [-0.05, 0) is 47.9 Å². The molecule has 0 radical (unpaired) electrons. The van der Waals surface area contributed by atoms with E-state index in [4.69, 9.17) is 4.42 Å². The maximum atomic E-state index is 14.3. The number of furan rings is 1. The molecule has 3 rings (SSSR count). The van der Waals surface area contributed by atoms with Crippen LogP contribution in [0.1, 0.15) is 12.2 Å². The molecule has 30 heavy (non-hydrogen) atoms. The SMILES string of the molecule is O=C(CN(c1ccccc1F)S(=O)(=O)c1cccs1)NCCCSCc1ccco1. The summed E-state index contributed by atoms with van der Waals surface area (Å²) in [5, 5.41) is 4.33. The summed E-state index contributed by atoms with van der Waals surface area (Å²) in [7, 11) is -4.06. The molecule has 0 spiro atoms. The number of halogens is 1. The van der Waals surface area contributed by atoms with Gasteiger partial charge in [0.1, 0.15) is 22.3 Å². The molecule has 1 aromatic carbocycles. The number of sulfonamides is 1. The van der Waals surface area contributed by atoms with Crippen molar-refractivity contribution in [1.82, 2.24) is 5.32 Å². The number of para-hydroxylation sites is 1. The van der Waals surface area contributed by atoms with Gasteiger partial charge in [0.25, 0.3) is 10.0 Å².